The van der Waals surface area contributed by atoms with Crippen molar-refractivity contribution in [2.45, 2.75) is 19.1 Å². The quantitative estimate of drug-likeness (QED) is 0.347. The fraction of sp³-hybridized carbons (Fsp3) is 0.625. The Morgan fingerprint density at radius 1 is 1.19 bits per heavy atom. The zero-order valence-corrected chi connectivity index (χ0v) is 14.9. The van der Waals surface area contributed by atoms with Crippen molar-refractivity contribution >= 4 is 5.96 Å². The molecule has 0 unspecified atom stereocenters. The monoisotopic (exact) mass is 378 g/mol. The standard InChI is InChI=1S/C16H25F3N4O3/c1-20-15(21-6-3-7-25-9-8-24-2)23-11-13-4-5-14(22-10-13)26-12-16(17,18)19/h4-5,10H,3,6-9,11-12H2,1-2H3,(H2,20,21,23). The lowest BCUT2D eigenvalue weighted by atomic mass is 10.3. The van der Waals surface area contributed by atoms with Crippen LogP contribution in [0.15, 0.2) is 23.3 Å². The minimum Gasteiger partial charge on any atom is -0.468 e. The van der Waals surface area contributed by atoms with Crippen LogP contribution in [-0.2, 0) is 16.0 Å². The van der Waals surface area contributed by atoms with Crippen molar-refractivity contribution in [3.05, 3.63) is 23.9 Å². The van der Waals surface area contributed by atoms with Crippen molar-refractivity contribution in [1.82, 2.24) is 15.6 Å². The highest BCUT2D eigenvalue weighted by atomic mass is 19.4. The summed E-state index contributed by atoms with van der Waals surface area (Å²) >= 11 is 0. The topological polar surface area (TPSA) is 77.0 Å². The number of hydrogen-bond donors (Lipinski definition) is 2. The first-order valence-electron chi connectivity index (χ1n) is 8.10. The second kappa shape index (κ2) is 12.3. The number of pyridine rings is 1. The van der Waals surface area contributed by atoms with Crippen LogP contribution in [0.25, 0.3) is 0 Å². The van der Waals surface area contributed by atoms with E-state index >= 15 is 0 Å². The van der Waals surface area contributed by atoms with Gasteiger partial charge < -0.3 is 24.8 Å². The van der Waals surface area contributed by atoms with Gasteiger partial charge in [-0.3, -0.25) is 4.99 Å². The lowest BCUT2D eigenvalue weighted by molar-refractivity contribution is -0.154. The van der Waals surface area contributed by atoms with E-state index in [1.54, 1.807) is 20.2 Å². The summed E-state index contributed by atoms with van der Waals surface area (Å²) in [5.41, 5.74) is 0.787. The van der Waals surface area contributed by atoms with Gasteiger partial charge in [0.05, 0.1) is 13.2 Å². The zero-order chi connectivity index (χ0) is 19.3. The molecule has 26 heavy (non-hydrogen) atoms. The van der Waals surface area contributed by atoms with Gasteiger partial charge in [-0.1, -0.05) is 6.07 Å². The molecule has 1 heterocycles. The van der Waals surface area contributed by atoms with E-state index < -0.39 is 12.8 Å². The molecule has 0 aliphatic rings. The number of guanidine groups is 1. The van der Waals surface area contributed by atoms with E-state index in [1.165, 1.54) is 12.3 Å². The summed E-state index contributed by atoms with van der Waals surface area (Å²) in [6.45, 7) is 1.52. The Labute approximate surface area is 150 Å². The molecule has 0 aliphatic heterocycles. The molecule has 1 aromatic heterocycles. The van der Waals surface area contributed by atoms with Crippen molar-refractivity contribution in [2.24, 2.45) is 4.99 Å². The number of rotatable bonds is 11. The van der Waals surface area contributed by atoms with Crippen LogP contribution in [0.3, 0.4) is 0 Å². The Kier molecular flexibility index (Phi) is 10.4. The van der Waals surface area contributed by atoms with E-state index in [-0.39, 0.29) is 5.88 Å². The number of ether oxygens (including phenoxy) is 3. The summed E-state index contributed by atoms with van der Waals surface area (Å²) in [6.07, 6.45) is -2.11. The van der Waals surface area contributed by atoms with E-state index in [1.807, 2.05) is 0 Å². The minimum absolute atomic E-state index is 0.0675. The second-order valence-electron chi connectivity index (χ2n) is 5.22. The second-order valence-corrected chi connectivity index (χ2v) is 5.22. The lowest BCUT2D eigenvalue weighted by Gasteiger charge is -2.12. The average Bonchev–Trinajstić information content (AvgIpc) is 2.62. The molecule has 0 bridgehead atoms. The normalized spacial score (nSPS) is 12.1. The predicted octanol–water partition coefficient (Wildman–Crippen LogP) is 1.74. The molecule has 0 spiro atoms. The van der Waals surface area contributed by atoms with Gasteiger partial charge in [0.1, 0.15) is 0 Å². The Morgan fingerprint density at radius 3 is 2.62 bits per heavy atom. The van der Waals surface area contributed by atoms with E-state index in [0.29, 0.717) is 38.9 Å². The molecular formula is C16H25F3N4O3. The molecule has 0 saturated carbocycles. The Morgan fingerprint density at radius 2 is 2.00 bits per heavy atom. The fourth-order valence-electron chi connectivity index (χ4n) is 1.79. The minimum atomic E-state index is -4.38. The maximum Gasteiger partial charge on any atom is 0.422 e. The van der Waals surface area contributed by atoms with Crippen LogP contribution in [0.4, 0.5) is 13.2 Å². The number of aliphatic imine (C=N–C) groups is 1. The van der Waals surface area contributed by atoms with Crippen molar-refractivity contribution in [3.8, 4) is 5.88 Å². The third kappa shape index (κ3) is 10.7. The number of aromatic nitrogens is 1. The molecule has 10 heteroatoms. The van der Waals surface area contributed by atoms with Crippen molar-refractivity contribution in [2.75, 3.05) is 47.1 Å². The van der Waals surface area contributed by atoms with Crippen molar-refractivity contribution in [1.29, 1.82) is 0 Å². The van der Waals surface area contributed by atoms with Gasteiger partial charge in [0, 0.05) is 46.1 Å². The average molecular weight is 378 g/mol. The summed E-state index contributed by atoms with van der Waals surface area (Å²) in [5, 5.41) is 6.23. The molecule has 0 aliphatic carbocycles. The Bertz CT molecular complexity index is 524. The first kappa shape index (κ1) is 22.0. The van der Waals surface area contributed by atoms with Crippen molar-refractivity contribution < 1.29 is 27.4 Å². The summed E-state index contributed by atoms with van der Waals surface area (Å²) < 4.78 is 51.0. The van der Waals surface area contributed by atoms with Crippen LogP contribution in [0, 0.1) is 0 Å². The maximum absolute atomic E-state index is 12.1. The number of alkyl halides is 3. The van der Waals surface area contributed by atoms with Gasteiger partial charge in [0.25, 0.3) is 0 Å². The van der Waals surface area contributed by atoms with Gasteiger partial charge in [-0.15, -0.1) is 0 Å². The van der Waals surface area contributed by atoms with Gasteiger partial charge in [0.2, 0.25) is 5.88 Å². The highest BCUT2D eigenvalue weighted by Gasteiger charge is 2.28. The molecule has 1 aromatic rings. The zero-order valence-electron chi connectivity index (χ0n) is 14.9. The molecule has 0 aromatic carbocycles. The summed E-state index contributed by atoms with van der Waals surface area (Å²) in [4.78, 5) is 7.94. The van der Waals surface area contributed by atoms with Crippen LogP contribution >= 0.6 is 0 Å². The molecule has 148 valence electrons. The maximum atomic E-state index is 12.1. The van der Waals surface area contributed by atoms with Gasteiger partial charge in [-0.2, -0.15) is 13.2 Å². The largest absolute Gasteiger partial charge is 0.468 e. The molecule has 0 amide bonds. The molecule has 1 rings (SSSR count). The first-order valence-corrected chi connectivity index (χ1v) is 8.10. The number of methoxy groups -OCH3 is 1. The predicted molar refractivity (Wildman–Crippen MR) is 91.3 cm³/mol. The lowest BCUT2D eigenvalue weighted by Crippen LogP contribution is -2.37. The molecule has 0 fully saturated rings. The molecule has 0 saturated heterocycles. The Hall–Kier alpha value is -2.07. The number of hydrogen-bond acceptors (Lipinski definition) is 5. The summed E-state index contributed by atoms with van der Waals surface area (Å²) in [7, 11) is 3.27. The number of nitrogens with one attached hydrogen (secondary N) is 2. The third-order valence-corrected chi connectivity index (χ3v) is 3.05. The third-order valence-electron chi connectivity index (χ3n) is 3.05. The van der Waals surface area contributed by atoms with Crippen LogP contribution in [-0.4, -0.2) is 64.2 Å². The van der Waals surface area contributed by atoms with Crippen LogP contribution in [0.5, 0.6) is 5.88 Å². The molecule has 7 nitrogen and oxygen atoms in total. The first-order chi connectivity index (χ1) is 12.4. The van der Waals surface area contributed by atoms with E-state index in [2.05, 4.69) is 25.3 Å². The van der Waals surface area contributed by atoms with Crippen LogP contribution in [0.2, 0.25) is 0 Å². The van der Waals surface area contributed by atoms with Crippen LogP contribution in [0.1, 0.15) is 12.0 Å². The van der Waals surface area contributed by atoms with E-state index in [0.717, 1.165) is 12.0 Å². The van der Waals surface area contributed by atoms with E-state index in [9.17, 15) is 13.2 Å². The number of halogens is 3. The molecule has 0 atom stereocenters. The molecule has 0 radical (unpaired) electrons. The smallest absolute Gasteiger partial charge is 0.422 e. The molecular weight excluding hydrogens is 353 g/mol. The fourth-order valence-corrected chi connectivity index (χ4v) is 1.79. The Balaban J connectivity index is 2.24. The highest BCUT2D eigenvalue weighted by molar-refractivity contribution is 5.79. The van der Waals surface area contributed by atoms with Gasteiger partial charge in [0.15, 0.2) is 12.6 Å². The molecule has 2 N–H and O–H groups in total. The van der Waals surface area contributed by atoms with Gasteiger partial charge >= 0.3 is 6.18 Å². The highest BCUT2D eigenvalue weighted by Crippen LogP contribution is 2.16. The van der Waals surface area contributed by atoms with Gasteiger partial charge in [-0.05, 0) is 12.0 Å². The SMILES string of the molecule is CN=C(NCCCOCCOC)NCc1ccc(OCC(F)(F)F)nc1. The number of nitrogens with zero attached hydrogens (tertiary/aromatic N) is 2. The summed E-state index contributed by atoms with van der Waals surface area (Å²) in [6, 6.07) is 3.04. The summed E-state index contributed by atoms with van der Waals surface area (Å²) in [5.74, 6) is 0.543. The van der Waals surface area contributed by atoms with E-state index in [4.69, 9.17) is 9.47 Å². The van der Waals surface area contributed by atoms with Crippen molar-refractivity contribution in [3.63, 3.8) is 0 Å². The van der Waals surface area contributed by atoms with Crippen LogP contribution < -0.4 is 15.4 Å². The van der Waals surface area contributed by atoms with Gasteiger partial charge in [-0.25, -0.2) is 4.98 Å².